The number of carbonyl (C=O) groups is 2. The van der Waals surface area contributed by atoms with Crippen LogP contribution >= 0.6 is 39.1 Å². The van der Waals surface area contributed by atoms with E-state index in [-0.39, 0.29) is 16.5 Å². The first-order valence-electron chi connectivity index (χ1n) is 8.94. The van der Waals surface area contributed by atoms with E-state index >= 15 is 0 Å². The number of hydrogen-bond donors (Lipinski definition) is 2. The van der Waals surface area contributed by atoms with Gasteiger partial charge in [-0.3, -0.25) is 9.59 Å². The zero-order valence-electron chi connectivity index (χ0n) is 16.0. The lowest BCUT2D eigenvalue weighted by Crippen LogP contribution is -2.22. The minimum Gasteiger partial charge on any atom is -0.354 e. The first-order chi connectivity index (χ1) is 15.0. The number of nitrogens with one attached hydrogen (secondary N) is 2. The van der Waals surface area contributed by atoms with Gasteiger partial charge in [0, 0.05) is 24.9 Å². The molecule has 0 unspecified atom stereocenters. The molecule has 4 rings (SSSR count). The molecule has 0 aliphatic heterocycles. The van der Waals surface area contributed by atoms with Crippen LogP contribution in [-0.2, 0) is 0 Å². The van der Waals surface area contributed by atoms with Gasteiger partial charge < -0.3 is 10.6 Å². The number of anilines is 1. The number of pyridine rings is 1. The van der Waals surface area contributed by atoms with Crippen molar-refractivity contribution in [2.24, 2.45) is 0 Å². The molecule has 4 aromatic rings. The lowest BCUT2D eigenvalue weighted by Gasteiger charge is -2.10. The zero-order valence-corrected chi connectivity index (χ0v) is 19.1. The van der Waals surface area contributed by atoms with Gasteiger partial charge in [0.15, 0.2) is 5.82 Å². The number of nitrogens with zero attached hydrogens (tertiary/aromatic N) is 4. The van der Waals surface area contributed by atoms with E-state index in [0.717, 1.165) is 17.1 Å². The fourth-order valence-electron chi connectivity index (χ4n) is 2.85. The Morgan fingerprint density at radius 1 is 1.13 bits per heavy atom. The molecule has 0 bridgehead atoms. The SMILES string of the molecule is CNC(=O)c1snc(-c2ccccc2)c1NC(=O)c1cc(Br)nn1-c1ncccc1Cl. The molecular weight excluding hydrogens is 504 g/mol. The molecule has 0 aliphatic carbocycles. The molecule has 0 atom stereocenters. The smallest absolute Gasteiger partial charge is 0.274 e. The lowest BCUT2D eigenvalue weighted by molar-refractivity contribution is 0.0968. The van der Waals surface area contributed by atoms with Crippen molar-refractivity contribution in [2.45, 2.75) is 0 Å². The molecule has 0 fully saturated rings. The Morgan fingerprint density at radius 3 is 2.61 bits per heavy atom. The van der Waals surface area contributed by atoms with Gasteiger partial charge in [-0.1, -0.05) is 41.9 Å². The highest BCUT2D eigenvalue weighted by Crippen LogP contribution is 2.34. The van der Waals surface area contributed by atoms with Crippen molar-refractivity contribution in [3.05, 3.63) is 74.9 Å². The molecule has 2 amide bonds. The van der Waals surface area contributed by atoms with Crippen molar-refractivity contribution >= 4 is 56.6 Å². The van der Waals surface area contributed by atoms with Crippen molar-refractivity contribution < 1.29 is 9.59 Å². The second-order valence-electron chi connectivity index (χ2n) is 6.21. The third-order valence-corrected chi connectivity index (χ3v) is 5.79. The first-order valence-corrected chi connectivity index (χ1v) is 10.9. The number of benzene rings is 1. The highest BCUT2D eigenvalue weighted by molar-refractivity contribution is 9.10. The monoisotopic (exact) mass is 516 g/mol. The van der Waals surface area contributed by atoms with E-state index in [0.29, 0.717) is 26.8 Å². The summed E-state index contributed by atoms with van der Waals surface area (Å²) in [5.41, 5.74) is 1.77. The second kappa shape index (κ2) is 8.96. The van der Waals surface area contributed by atoms with Crippen molar-refractivity contribution in [1.82, 2.24) is 24.5 Å². The number of amides is 2. The summed E-state index contributed by atoms with van der Waals surface area (Å²) in [4.78, 5) is 30.2. The average molecular weight is 518 g/mol. The molecule has 156 valence electrons. The summed E-state index contributed by atoms with van der Waals surface area (Å²) in [6.07, 6.45) is 1.55. The topological polar surface area (TPSA) is 102 Å². The van der Waals surface area contributed by atoms with Crippen LogP contribution in [-0.4, -0.2) is 38.0 Å². The molecule has 3 heterocycles. The molecule has 31 heavy (non-hydrogen) atoms. The maximum Gasteiger partial charge on any atom is 0.274 e. The molecule has 11 heteroatoms. The highest BCUT2D eigenvalue weighted by Gasteiger charge is 2.25. The fraction of sp³-hybridized carbons (Fsp3) is 0.0500. The molecule has 0 aliphatic rings. The summed E-state index contributed by atoms with van der Waals surface area (Å²) in [6, 6.07) is 14.2. The summed E-state index contributed by atoms with van der Waals surface area (Å²) in [7, 11) is 1.52. The van der Waals surface area contributed by atoms with E-state index in [1.165, 1.54) is 11.7 Å². The van der Waals surface area contributed by atoms with Gasteiger partial charge in [0.1, 0.15) is 20.9 Å². The van der Waals surface area contributed by atoms with Crippen LogP contribution < -0.4 is 10.6 Å². The minimum atomic E-state index is -0.498. The molecule has 1 aromatic carbocycles. The molecule has 0 saturated carbocycles. The zero-order chi connectivity index (χ0) is 22.0. The molecule has 2 N–H and O–H groups in total. The van der Waals surface area contributed by atoms with Crippen LogP contribution in [0.3, 0.4) is 0 Å². The number of rotatable bonds is 5. The number of halogens is 2. The van der Waals surface area contributed by atoms with Crippen LogP contribution in [0.2, 0.25) is 5.02 Å². The van der Waals surface area contributed by atoms with Crippen molar-refractivity contribution in [3.63, 3.8) is 0 Å². The standard InChI is InChI=1S/C20H14BrClN6O2S/c1-23-20(30)17-16(15(27-31-17)11-6-3-2-4-7-11)25-19(29)13-10-14(21)26-28(13)18-12(22)8-5-9-24-18/h2-10H,1H3,(H,23,30)(H,25,29). The van der Waals surface area contributed by atoms with Gasteiger partial charge in [-0.05, 0) is 39.6 Å². The van der Waals surface area contributed by atoms with Crippen molar-refractivity contribution in [2.75, 3.05) is 12.4 Å². The summed E-state index contributed by atoms with van der Waals surface area (Å²) in [5.74, 6) is -0.543. The Kier molecular flexibility index (Phi) is 6.12. The third-order valence-electron chi connectivity index (χ3n) is 4.26. The van der Waals surface area contributed by atoms with Crippen molar-refractivity contribution in [3.8, 4) is 17.1 Å². The van der Waals surface area contributed by atoms with Crippen LogP contribution in [0, 0.1) is 0 Å². The van der Waals surface area contributed by atoms with E-state index in [1.807, 2.05) is 30.3 Å². The Morgan fingerprint density at radius 2 is 1.90 bits per heavy atom. The van der Waals surface area contributed by atoms with E-state index in [1.54, 1.807) is 24.4 Å². The summed E-state index contributed by atoms with van der Waals surface area (Å²) >= 11 is 10.5. The molecule has 0 saturated heterocycles. The predicted molar refractivity (Wildman–Crippen MR) is 123 cm³/mol. The Bertz CT molecular complexity index is 1270. The maximum atomic E-state index is 13.3. The largest absolute Gasteiger partial charge is 0.354 e. The number of aromatic nitrogens is 4. The van der Waals surface area contributed by atoms with E-state index in [9.17, 15) is 9.59 Å². The van der Waals surface area contributed by atoms with Gasteiger partial charge in [-0.2, -0.15) is 9.47 Å². The molecule has 8 nitrogen and oxygen atoms in total. The fourth-order valence-corrected chi connectivity index (χ4v) is 4.23. The van der Waals surface area contributed by atoms with Crippen LogP contribution in [0.25, 0.3) is 17.1 Å². The maximum absolute atomic E-state index is 13.3. The normalized spacial score (nSPS) is 10.7. The molecule has 3 aromatic heterocycles. The predicted octanol–water partition coefficient (Wildman–Crippen LogP) is 4.42. The lowest BCUT2D eigenvalue weighted by atomic mass is 10.1. The minimum absolute atomic E-state index is 0.181. The summed E-state index contributed by atoms with van der Waals surface area (Å²) in [5, 5.41) is 10.0. The van der Waals surface area contributed by atoms with Gasteiger partial charge >= 0.3 is 0 Å². The van der Waals surface area contributed by atoms with E-state index in [2.05, 4.69) is 41.0 Å². The van der Waals surface area contributed by atoms with Gasteiger partial charge in [-0.15, -0.1) is 0 Å². The summed E-state index contributed by atoms with van der Waals surface area (Å²) in [6.45, 7) is 0. The molecule has 0 spiro atoms. The van der Waals surface area contributed by atoms with Crippen LogP contribution in [0.4, 0.5) is 5.69 Å². The number of hydrogen-bond acceptors (Lipinski definition) is 6. The quantitative estimate of drug-likeness (QED) is 0.408. The third kappa shape index (κ3) is 4.22. The van der Waals surface area contributed by atoms with E-state index in [4.69, 9.17) is 11.6 Å². The Labute approximate surface area is 194 Å². The van der Waals surface area contributed by atoms with Gasteiger partial charge in [0.25, 0.3) is 11.8 Å². The van der Waals surface area contributed by atoms with Gasteiger partial charge in [0.05, 0.1) is 10.7 Å². The van der Waals surface area contributed by atoms with Gasteiger partial charge in [-0.25, -0.2) is 9.67 Å². The number of carbonyl (C=O) groups excluding carboxylic acids is 2. The summed E-state index contributed by atoms with van der Waals surface area (Å²) < 4.78 is 6.17. The molecular formula is C20H14BrClN6O2S. The Hall–Kier alpha value is -3.08. The highest BCUT2D eigenvalue weighted by atomic mass is 79.9. The second-order valence-corrected chi connectivity index (χ2v) is 8.20. The Balaban J connectivity index is 1.77. The average Bonchev–Trinajstić information content (AvgIpc) is 3.37. The molecule has 0 radical (unpaired) electrons. The first kappa shape index (κ1) is 21.2. The van der Waals surface area contributed by atoms with Crippen LogP contribution in [0.15, 0.2) is 59.3 Å². The van der Waals surface area contributed by atoms with Crippen LogP contribution in [0.1, 0.15) is 20.2 Å². The van der Waals surface area contributed by atoms with Gasteiger partial charge in [0.2, 0.25) is 0 Å². The van der Waals surface area contributed by atoms with E-state index < -0.39 is 5.91 Å². The van der Waals surface area contributed by atoms with Crippen molar-refractivity contribution in [1.29, 1.82) is 0 Å². The van der Waals surface area contributed by atoms with Crippen LogP contribution in [0.5, 0.6) is 0 Å².